The maximum atomic E-state index is 13.8. The van der Waals surface area contributed by atoms with Crippen molar-refractivity contribution in [3.63, 3.8) is 0 Å². The molecule has 2 aromatic rings. The largest absolute Gasteiger partial charge is 0.492 e. The molecule has 37 heavy (non-hydrogen) atoms. The van der Waals surface area contributed by atoms with Gasteiger partial charge in [-0.05, 0) is 55.4 Å². The molecule has 0 unspecified atom stereocenters. The first kappa shape index (κ1) is 24.8. The van der Waals surface area contributed by atoms with Crippen LogP contribution in [-0.4, -0.2) is 84.1 Å². The van der Waals surface area contributed by atoms with Crippen molar-refractivity contribution in [1.82, 2.24) is 19.5 Å². The number of carbonyl (C=O) groups excluding carboxylic acids is 1. The quantitative estimate of drug-likeness (QED) is 0.629. The van der Waals surface area contributed by atoms with Gasteiger partial charge in [0.15, 0.2) is 0 Å². The molecule has 6 rings (SSSR count). The molecular weight excluding hydrogens is 492 g/mol. The normalized spacial score (nSPS) is 28.0. The Morgan fingerprint density at radius 1 is 1.14 bits per heavy atom. The molecule has 1 aliphatic carbocycles. The molecule has 198 valence electrons. The summed E-state index contributed by atoms with van der Waals surface area (Å²) in [5, 5.41) is 13.7. The van der Waals surface area contributed by atoms with Crippen LogP contribution in [-0.2, 0) is 14.8 Å². The van der Waals surface area contributed by atoms with Gasteiger partial charge < -0.3 is 20.1 Å². The van der Waals surface area contributed by atoms with Crippen LogP contribution in [0.4, 0.5) is 0 Å². The monoisotopic (exact) mass is 526 g/mol. The van der Waals surface area contributed by atoms with E-state index >= 15 is 0 Å². The number of rotatable bonds is 3. The second-order valence-corrected chi connectivity index (χ2v) is 12.9. The minimum atomic E-state index is -4.09. The number of aliphatic hydroxyl groups is 1. The predicted octanol–water partition coefficient (Wildman–Crippen LogP) is 2.02. The first-order valence-electron chi connectivity index (χ1n) is 13.2. The average Bonchev–Trinajstić information content (AvgIpc) is 3.62. The standard InChI is InChI=1S/C27H34N4O5S/c32-22-15-23-26(33)29-27(7-11-30(12-8-27)17-19-3-4-19)9-13-36-24-14-20(21-2-1-10-28-16-21)5-6-25(24)37(34,35)31(23)18-22/h1-2,5-6,10,14,16,19,22-23,32H,3-4,7-9,11-13,15,17-18H2,(H,29,33)/t22-,23+/m1/s1. The van der Waals surface area contributed by atoms with E-state index in [-0.39, 0.29) is 36.1 Å². The topological polar surface area (TPSA) is 112 Å². The van der Waals surface area contributed by atoms with Crippen LogP contribution < -0.4 is 10.1 Å². The third-order valence-corrected chi connectivity index (χ3v) is 10.2. The van der Waals surface area contributed by atoms with E-state index in [4.69, 9.17) is 4.74 Å². The number of aromatic nitrogens is 1. The van der Waals surface area contributed by atoms with E-state index in [1.165, 1.54) is 18.9 Å². The highest BCUT2D eigenvalue weighted by molar-refractivity contribution is 7.89. The summed E-state index contributed by atoms with van der Waals surface area (Å²) in [7, 11) is -4.09. The number of nitrogens with zero attached hydrogens (tertiary/aromatic N) is 3. The van der Waals surface area contributed by atoms with E-state index in [2.05, 4.69) is 15.2 Å². The van der Waals surface area contributed by atoms with Gasteiger partial charge in [-0.1, -0.05) is 12.1 Å². The number of nitrogens with one attached hydrogen (secondary N) is 1. The molecule has 4 aliphatic rings. The Kier molecular flexibility index (Phi) is 6.46. The summed E-state index contributed by atoms with van der Waals surface area (Å²) in [4.78, 5) is 20.2. The van der Waals surface area contributed by atoms with Gasteiger partial charge in [-0.25, -0.2) is 8.42 Å². The molecule has 1 aromatic carbocycles. The van der Waals surface area contributed by atoms with Gasteiger partial charge in [-0.2, -0.15) is 4.31 Å². The van der Waals surface area contributed by atoms with E-state index < -0.39 is 27.7 Å². The molecule has 0 bridgehead atoms. The Balaban J connectivity index is 1.34. The SMILES string of the molecule is O=C1NC2(CCOc3cc(-c4cccnc4)ccc3S(=O)(=O)N3C[C@H](O)C[C@@H]13)CCN(CC1CC1)CC2. The number of likely N-dealkylation sites (tertiary alicyclic amines) is 1. The van der Waals surface area contributed by atoms with Gasteiger partial charge in [0.1, 0.15) is 16.7 Å². The van der Waals surface area contributed by atoms with Crippen LogP contribution in [0.1, 0.15) is 38.5 Å². The predicted molar refractivity (Wildman–Crippen MR) is 137 cm³/mol. The van der Waals surface area contributed by atoms with E-state index in [1.807, 2.05) is 12.1 Å². The van der Waals surface area contributed by atoms with Crippen molar-refractivity contribution in [2.45, 2.75) is 61.1 Å². The maximum absolute atomic E-state index is 13.8. The molecule has 3 fully saturated rings. The zero-order valence-electron chi connectivity index (χ0n) is 20.9. The molecular formula is C27H34N4O5S. The Morgan fingerprint density at radius 2 is 1.95 bits per heavy atom. The summed E-state index contributed by atoms with van der Waals surface area (Å²) in [5.74, 6) is 0.743. The first-order chi connectivity index (χ1) is 17.8. The van der Waals surface area contributed by atoms with Gasteiger partial charge in [-0.3, -0.25) is 9.78 Å². The molecule has 1 spiro atoms. The van der Waals surface area contributed by atoms with Crippen LogP contribution in [0.2, 0.25) is 0 Å². The summed E-state index contributed by atoms with van der Waals surface area (Å²) in [6.45, 7) is 3.08. The van der Waals surface area contributed by atoms with Crippen LogP contribution in [0, 0.1) is 5.92 Å². The van der Waals surface area contributed by atoms with Crippen LogP contribution in [0.3, 0.4) is 0 Å². The van der Waals surface area contributed by atoms with Gasteiger partial charge >= 0.3 is 0 Å². The third-order valence-electron chi connectivity index (χ3n) is 8.31. The Morgan fingerprint density at radius 3 is 2.68 bits per heavy atom. The van der Waals surface area contributed by atoms with E-state index in [9.17, 15) is 18.3 Å². The molecule has 2 N–H and O–H groups in total. The Labute approximate surface area is 217 Å². The van der Waals surface area contributed by atoms with Crippen LogP contribution in [0.15, 0.2) is 47.6 Å². The molecule has 10 heteroatoms. The molecule has 1 amide bonds. The summed E-state index contributed by atoms with van der Waals surface area (Å²) in [5.41, 5.74) is 1.18. The fraction of sp³-hybridized carbons (Fsp3) is 0.556. The number of benzene rings is 1. The zero-order valence-corrected chi connectivity index (χ0v) is 21.7. The van der Waals surface area contributed by atoms with Gasteiger partial charge in [0.25, 0.3) is 0 Å². The number of hydrogen-bond donors (Lipinski definition) is 2. The Hall–Kier alpha value is -2.53. The number of fused-ring (bicyclic) bond motifs is 2. The fourth-order valence-corrected chi connectivity index (χ4v) is 7.68. The van der Waals surface area contributed by atoms with Gasteiger partial charge in [-0.15, -0.1) is 0 Å². The smallest absolute Gasteiger partial charge is 0.247 e. The summed E-state index contributed by atoms with van der Waals surface area (Å²) in [6, 6.07) is 7.80. The molecule has 2 saturated heterocycles. The number of aliphatic hydroxyl groups excluding tert-OH is 1. The lowest BCUT2D eigenvalue weighted by Crippen LogP contribution is -2.59. The zero-order chi connectivity index (χ0) is 25.6. The lowest BCUT2D eigenvalue weighted by molar-refractivity contribution is -0.127. The van der Waals surface area contributed by atoms with Gasteiger partial charge in [0, 0.05) is 62.5 Å². The van der Waals surface area contributed by atoms with Gasteiger partial charge in [0.05, 0.1) is 12.7 Å². The van der Waals surface area contributed by atoms with E-state index in [0.717, 1.165) is 53.8 Å². The van der Waals surface area contributed by atoms with Crippen LogP contribution >= 0.6 is 0 Å². The number of amides is 1. The van der Waals surface area contributed by atoms with E-state index in [1.54, 1.807) is 24.5 Å². The highest BCUT2D eigenvalue weighted by Crippen LogP contribution is 2.38. The molecule has 2 atom stereocenters. The van der Waals surface area contributed by atoms with Crippen molar-refractivity contribution >= 4 is 15.9 Å². The number of pyridine rings is 1. The summed E-state index contributed by atoms with van der Waals surface area (Å²) >= 11 is 0. The van der Waals surface area contributed by atoms with Crippen molar-refractivity contribution in [3.8, 4) is 16.9 Å². The van der Waals surface area contributed by atoms with Crippen molar-refractivity contribution in [2.75, 3.05) is 32.8 Å². The van der Waals surface area contributed by atoms with Crippen molar-refractivity contribution in [1.29, 1.82) is 0 Å². The highest BCUT2D eigenvalue weighted by Gasteiger charge is 2.47. The minimum Gasteiger partial charge on any atom is -0.492 e. The molecule has 9 nitrogen and oxygen atoms in total. The second kappa shape index (κ2) is 9.65. The summed E-state index contributed by atoms with van der Waals surface area (Å²) < 4.78 is 35.0. The average molecular weight is 527 g/mol. The number of sulfonamides is 1. The molecule has 0 radical (unpaired) electrons. The van der Waals surface area contributed by atoms with Crippen molar-refractivity contribution in [3.05, 3.63) is 42.7 Å². The number of carbonyl (C=O) groups is 1. The van der Waals surface area contributed by atoms with Crippen molar-refractivity contribution in [2.24, 2.45) is 5.92 Å². The second-order valence-electron chi connectivity index (χ2n) is 11.0. The molecule has 4 heterocycles. The Bertz CT molecular complexity index is 1260. The first-order valence-corrected chi connectivity index (χ1v) is 14.7. The molecule has 1 aromatic heterocycles. The van der Waals surface area contributed by atoms with Gasteiger partial charge in [0.2, 0.25) is 15.9 Å². The summed E-state index contributed by atoms with van der Waals surface area (Å²) in [6.07, 6.45) is 7.37. The third kappa shape index (κ3) is 4.99. The maximum Gasteiger partial charge on any atom is 0.247 e. The number of hydrogen-bond acceptors (Lipinski definition) is 7. The van der Waals surface area contributed by atoms with Crippen LogP contribution in [0.5, 0.6) is 5.75 Å². The lowest BCUT2D eigenvalue weighted by Gasteiger charge is -2.43. The van der Waals surface area contributed by atoms with Crippen LogP contribution in [0.25, 0.3) is 11.1 Å². The lowest BCUT2D eigenvalue weighted by atomic mass is 9.84. The minimum absolute atomic E-state index is 0.0160. The van der Waals surface area contributed by atoms with E-state index in [0.29, 0.717) is 6.42 Å². The fourth-order valence-electron chi connectivity index (χ4n) is 5.93. The number of ether oxygens (including phenoxy) is 1. The molecule has 3 aliphatic heterocycles. The highest BCUT2D eigenvalue weighted by atomic mass is 32.2. The molecule has 1 saturated carbocycles. The number of piperidine rings is 1. The van der Waals surface area contributed by atoms with Crippen molar-refractivity contribution < 1.29 is 23.1 Å².